The van der Waals surface area contributed by atoms with Crippen molar-refractivity contribution in [2.24, 2.45) is 0 Å². The van der Waals surface area contributed by atoms with Gasteiger partial charge >= 0.3 is 0 Å². The van der Waals surface area contributed by atoms with E-state index in [9.17, 15) is 4.79 Å². The molecule has 1 N–H and O–H groups in total. The maximum Gasteiger partial charge on any atom is 0.196 e. The number of hydrogen-bond acceptors (Lipinski definition) is 5. The molecule has 32 heavy (non-hydrogen) atoms. The maximum atomic E-state index is 13.3. The molecule has 5 rings (SSSR count). The number of aryl methyl sites for hydroxylation is 1. The Morgan fingerprint density at radius 3 is 2.78 bits per heavy atom. The van der Waals surface area contributed by atoms with Crippen molar-refractivity contribution in [2.45, 2.75) is 26.8 Å². The van der Waals surface area contributed by atoms with E-state index in [4.69, 9.17) is 16.0 Å². The lowest BCUT2D eigenvalue weighted by Gasteiger charge is -2.19. The number of benzene rings is 1. The Bertz CT molecular complexity index is 1520. The van der Waals surface area contributed by atoms with Crippen molar-refractivity contribution in [2.75, 3.05) is 5.32 Å². The molecule has 0 bridgehead atoms. The van der Waals surface area contributed by atoms with Gasteiger partial charge in [0.25, 0.3) is 0 Å². The standard InChI is InChI=1S/C25H21ClN4O2/c1-14-11-18(16(3)29-20-6-7-21(26)30-10-9-28-25(20)30)24-19(12-14)22(31)15(2)23(32-24)17-5-4-8-27-13-17/h4-13,16,29H,1-3H3/t16-/m1/s1. The fraction of sp³-hybridized carbons (Fsp3) is 0.160. The number of nitrogens with zero attached hydrogens (tertiary/aromatic N) is 3. The molecule has 0 saturated carbocycles. The van der Waals surface area contributed by atoms with E-state index in [1.807, 2.05) is 60.8 Å². The van der Waals surface area contributed by atoms with E-state index >= 15 is 0 Å². The highest BCUT2D eigenvalue weighted by atomic mass is 35.5. The van der Waals surface area contributed by atoms with Gasteiger partial charge in [-0.2, -0.15) is 0 Å². The zero-order valence-electron chi connectivity index (χ0n) is 17.9. The average Bonchev–Trinajstić information content (AvgIpc) is 3.30. The van der Waals surface area contributed by atoms with Crippen LogP contribution in [0, 0.1) is 13.8 Å². The molecule has 0 aliphatic carbocycles. The Kier molecular flexibility index (Phi) is 4.94. The monoisotopic (exact) mass is 444 g/mol. The Morgan fingerprint density at radius 2 is 2.00 bits per heavy atom. The predicted octanol–water partition coefficient (Wildman–Crippen LogP) is 5.95. The normalized spacial score (nSPS) is 12.4. The molecular formula is C25H21ClN4O2. The van der Waals surface area contributed by atoms with Crippen molar-refractivity contribution in [3.8, 4) is 11.3 Å². The van der Waals surface area contributed by atoms with Crippen LogP contribution in [0.4, 0.5) is 5.69 Å². The highest BCUT2D eigenvalue weighted by Gasteiger charge is 2.19. The number of pyridine rings is 2. The number of anilines is 1. The van der Waals surface area contributed by atoms with Gasteiger partial charge in [0.2, 0.25) is 0 Å². The molecule has 4 heterocycles. The molecule has 0 amide bonds. The van der Waals surface area contributed by atoms with Gasteiger partial charge in [-0.3, -0.25) is 14.2 Å². The fourth-order valence-electron chi connectivity index (χ4n) is 4.07. The summed E-state index contributed by atoms with van der Waals surface area (Å²) >= 11 is 6.27. The van der Waals surface area contributed by atoms with Gasteiger partial charge < -0.3 is 9.73 Å². The molecule has 5 aromatic rings. The molecular weight excluding hydrogens is 424 g/mol. The summed E-state index contributed by atoms with van der Waals surface area (Å²) in [5, 5.41) is 4.66. The number of halogens is 1. The third-order valence-electron chi connectivity index (χ3n) is 5.65. The van der Waals surface area contributed by atoms with Crippen LogP contribution in [-0.4, -0.2) is 14.4 Å². The molecule has 0 aliphatic heterocycles. The summed E-state index contributed by atoms with van der Waals surface area (Å²) < 4.78 is 8.19. The van der Waals surface area contributed by atoms with Gasteiger partial charge in [-0.15, -0.1) is 0 Å². The first kappa shape index (κ1) is 20.3. The van der Waals surface area contributed by atoms with Crippen LogP contribution in [-0.2, 0) is 0 Å². The molecule has 7 heteroatoms. The van der Waals surface area contributed by atoms with Crippen molar-refractivity contribution in [3.63, 3.8) is 0 Å². The van der Waals surface area contributed by atoms with Crippen molar-refractivity contribution >= 4 is 33.9 Å². The van der Waals surface area contributed by atoms with Crippen LogP contribution in [0.3, 0.4) is 0 Å². The number of aromatic nitrogens is 3. The zero-order valence-corrected chi connectivity index (χ0v) is 18.6. The fourth-order valence-corrected chi connectivity index (χ4v) is 4.27. The van der Waals surface area contributed by atoms with E-state index in [0.29, 0.717) is 27.4 Å². The second-order valence-corrected chi connectivity index (χ2v) is 8.30. The average molecular weight is 445 g/mol. The summed E-state index contributed by atoms with van der Waals surface area (Å²) in [5.74, 6) is 0.537. The van der Waals surface area contributed by atoms with Gasteiger partial charge in [-0.05, 0) is 56.7 Å². The number of hydrogen-bond donors (Lipinski definition) is 1. The van der Waals surface area contributed by atoms with Crippen molar-refractivity contribution in [3.05, 3.63) is 93.3 Å². The maximum absolute atomic E-state index is 13.3. The third-order valence-corrected chi connectivity index (χ3v) is 5.96. The lowest BCUT2D eigenvalue weighted by atomic mass is 9.99. The highest BCUT2D eigenvalue weighted by molar-refractivity contribution is 6.29. The number of imidazole rings is 1. The summed E-state index contributed by atoms with van der Waals surface area (Å²) in [4.78, 5) is 21.9. The minimum absolute atomic E-state index is 0.0376. The second kappa shape index (κ2) is 7.80. The molecule has 160 valence electrons. The van der Waals surface area contributed by atoms with E-state index < -0.39 is 0 Å². The van der Waals surface area contributed by atoms with E-state index in [0.717, 1.165) is 28.0 Å². The molecule has 6 nitrogen and oxygen atoms in total. The van der Waals surface area contributed by atoms with E-state index in [2.05, 4.69) is 15.3 Å². The summed E-state index contributed by atoms with van der Waals surface area (Å²) in [5.41, 5.74) is 5.32. The molecule has 0 saturated heterocycles. The van der Waals surface area contributed by atoms with Crippen LogP contribution in [0.2, 0.25) is 5.15 Å². The Hall–Kier alpha value is -3.64. The summed E-state index contributed by atoms with van der Waals surface area (Å²) in [6.07, 6.45) is 6.93. The summed E-state index contributed by atoms with van der Waals surface area (Å²) in [6.45, 7) is 5.81. The Morgan fingerprint density at radius 1 is 1.16 bits per heavy atom. The molecule has 4 aromatic heterocycles. The van der Waals surface area contributed by atoms with Gasteiger partial charge in [-0.25, -0.2) is 4.98 Å². The molecule has 0 fully saturated rings. The van der Waals surface area contributed by atoms with E-state index in [1.165, 1.54) is 0 Å². The molecule has 0 unspecified atom stereocenters. The van der Waals surface area contributed by atoms with Gasteiger partial charge in [0.05, 0.1) is 17.1 Å². The lowest BCUT2D eigenvalue weighted by molar-refractivity contribution is 0.605. The number of fused-ring (bicyclic) bond motifs is 2. The second-order valence-electron chi connectivity index (χ2n) is 7.91. The predicted molar refractivity (Wildman–Crippen MR) is 127 cm³/mol. The summed E-state index contributed by atoms with van der Waals surface area (Å²) in [6, 6.07) is 11.2. The van der Waals surface area contributed by atoms with Crippen LogP contribution in [0.25, 0.3) is 27.9 Å². The first-order valence-corrected chi connectivity index (χ1v) is 10.7. The highest BCUT2D eigenvalue weighted by Crippen LogP contribution is 2.32. The van der Waals surface area contributed by atoms with Crippen molar-refractivity contribution in [1.82, 2.24) is 14.4 Å². The largest absolute Gasteiger partial charge is 0.455 e. The molecule has 0 radical (unpaired) electrons. The minimum Gasteiger partial charge on any atom is -0.455 e. The quantitative estimate of drug-likeness (QED) is 0.347. The molecule has 1 atom stereocenters. The number of nitrogens with one attached hydrogen (secondary N) is 1. The lowest BCUT2D eigenvalue weighted by Crippen LogP contribution is -2.13. The van der Waals surface area contributed by atoms with Crippen molar-refractivity contribution in [1.29, 1.82) is 0 Å². The summed E-state index contributed by atoms with van der Waals surface area (Å²) in [7, 11) is 0. The van der Waals surface area contributed by atoms with Crippen LogP contribution in [0.5, 0.6) is 0 Å². The number of rotatable bonds is 4. The van der Waals surface area contributed by atoms with Crippen LogP contribution < -0.4 is 10.7 Å². The third kappa shape index (κ3) is 3.33. The van der Waals surface area contributed by atoms with Gasteiger partial charge in [0.15, 0.2) is 11.1 Å². The van der Waals surface area contributed by atoms with Gasteiger partial charge in [0.1, 0.15) is 16.5 Å². The molecule has 0 aliphatic rings. The smallest absolute Gasteiger partial charge is 0.196 e. The Labute approximate surface area is 189 Å². The minimum atomic E-state index is -0.160. The first-order chi connectivity index (χ1) is 15.4. The van der Waals surface area contributed by atoms with Crippen molar-refractivity contribution < 1.29 is 4.42 Å². The first-order valence-electron chi connectivity index (χ1n) is 10.3. The topological polar surface area (TPSA) is 72.4 Å². The molecule has 1 aromatic carbocycles. The van der Waals surface area contributed by atoms with Crippen LogP contribution in [0.1, 0.15) is 29.7 Å². The van der Waals surface area contributed by atoms with E-state index in [1.54, 1.807) is 25.5 Å². The Balaban J connectivity index is 1.67. The molecule has 0 spiro atoms. The zero-order chi connectivity index (χ0) is 22.4. The van der Waals surface area contributed by atoms with Crippen LogP contribution >= 0.6 is 11.6 Å². The SMILES string of the molecule is Cc1cc([C@@H](C)Nc2ccc(Cl)n3ccnc23)c2oc(-c3cccnc3)c(C)c(=O)c2c1. The van der Waals surface area contributed by atoms with E-state index in [-0.39, 0.29) is 11.5 Å². The van der Waals surface area contributed by atoms with Gasteiger partial charge in [0, 0.05) is 41.5 Å². The van der Waals surface area contributed by atoms with Gasteiger partial charge in [-0.1, -0.05) is 17.7 Å². The van der Waals surface area contributed by atoms with Crippen LogP contribution in [0.15, 0.2) is 70.4 Å².